The van der Waals surface area contributed by atoms with Crippen LogP contribution in [0.15, 0.2) is 28.7 Å². The third kappa shape index (κ3) is 3.40. The van der Waals surface area contributed by atoms with Crippen LogP contribution in [0.4, 0.5) is 0 Å². The van der Waals surface area contributed by atoms with Crippen LogP contribution >= 0.6 is 11.6 Å². The van der Waals surface area contributed by atoms with Crippen LogP contribution in [0.3, 0.4) is 0 Å². The van der Waals surface area contributed by atoms with Gasteiger partial charge in [-0.3, -0.25) is 0 Å². The first-order valence-electron chi connectivity index (χ1n) is 6.52. The molecule has 1 atom stereocenters. The quantitative estimate of drug-likeness (QED) is 0.876. The molecule has 0 saturated carbocycles. The van der Waals surface area contributed by atoms with E-state index >= 15 is 0 Å². The minimum absolute atomic E-state index is 0.245. The van der Waals surface area contributed by atoms with E-state index in [2.05, 4.69) is 30.4 Å². The first kappa shape index (κ1) is 14.2. The van der Waals surface area contributed by atoms with Gasteiger partial charge in [-0.15, -0.1) is 0 Å². The van der Waals surface area contributed by atoms with E-state index < -0.39 is 0 Å². The molecule has 0 radical (unpaired) electrons. The number of halogens is 1. The molecule has 1 aromatic carbocycles. The van der Waals surface area contributed by atoms with Crippen LogP contribution in [0.5, 0.6) is 0 Å². The van der Waals surface area contributed by atoms with Gasteiger partial charge < -0.3 is 9.73 Å². The smallest absolute Gasteiger partial charge is 0.105 e. The van der Waals surface area contributed by atoms with E-state index in [1.54, 1.807) is 0 Å². The molecule has 0 spiro atoms. The first-order valence-corrected chi connectivity index (χ1v) is 6.90. The Morgan fingerprint density at radius 2 is 1.95 bits per heavy atom. The predicted molar refractivity (Wildman–Crippen MR) is 79.6 cm³/mol. The lowest BCUT2D eigenvalue weighted by Gasteiger charge is -2.14. The molecule has 0 amide bonds. The maximum Gasteiger partial charge on any atom is 0.105 e. The zero-order valence-corrected chi connectivity index (χ0v) is 12.6. The van der Waals surface area contributed by atoms with Gasteiger partial charge in [-0.1, -0.05) is 23.7 Å². The molecule has 0 aliphatic carbocycles. The van der Waals surface area contributed by atoms with Crippen molar-refractivity contribution in [3.05, 3.63) is 57.5 Å². The summed E-state index contributed by atoms with van der Waals surface area (Å²) in [6.45, 7) is 8.91. The lowest BCUT2D eigenvalue weighted by molar-refractivity contribution is 0.489. The van der Waals surface area contributed by atoms with Crippen molar-refractivity contribution in [2.75, 3.05) is 0 Å². The summed E-state index contributed by atoms with van der Waals surface area (Å²) < 4.78 is 5.56. The van der Waals surface area contributed by atoms with Crippen molar-refractivity contribution in [1.82, 2.24) is 5.32 Å². The fourth-order valence-corrected chi connectivity index (χ4v) is 2.55. The minimum Gasteiger partial charge on any atom is -0.466 e. The highest BCUT2D eigenvalue weighted by Gasteiger charge is 2.12. The molecule has 1 heterocycles. The zero-order chi connectivity index (χ0) is 14.0. The molecule has 0 aliphatic heterocycles. The third-order valence-electron chi connectivity index (χ3n) is 3.35. The molecule has 0 saturated heterocycles. The van der Waals surface area contributed by atoms with Crippen molar-refractivity contribution in [2.24, 2.45) is 0 Å². The summed E-state index contributed by atoms with van der Waals surface area (Å²) >= 11 is 6.24. The first-order chi connectivity index (χ1) is 8.97. The Bertz CT molecular complexity index is 574. The lowest BCUT2D eigenvalue weighted by Crippen LogP contribution is -2.18. The summed E-state index contributed by atoms with van der Waals surface area (Å²) in [5, 5.41) is 4.30. The number of hydrogen-bond donors (Lipinski definition) is 1. The van der Waals surface area contributed by atoms with Gasteiger partial charge in [0.2, 0.25) is 0 Å². The Morgan fingerprint density at radius 3 is 2.53 bits per heavy atom. The van der Waals surface area contributed by atoms with Crippen LogP contribution in [0.1, 0.15) is 41.2 Å². The van der Waals surface area contributed by atoms with E-state index in [9.17, 15) is 0 Å². The van der Waals surface area contributed by atoms with Crippen molar-refractivity contribution in [3.8, 4) is 0 Å². The summed E-state index contributed by atoms with van der Waals surface area (Å²) in [4.78, 5) is 0. The van der Waals surface area contributed by atoms with Gasteiger partial charge in [-0.2, -0.15) is 0 Å². The number of rotatable bonds is 4. The van der Waals surface area contributed by atoms with Gasteiger partial charge in [0, 0.05) is 23.2 Å². The Kier molecular flexibility index (Phi) is 4.33. The van der Waals surface area contributed by atoms with E-state index in [4.69, 9.17) is 16.0 Å². The molecule has 102 valence electrons. The monoisotopic (exact) mass is 277 g/mol. The van der Waals surface area contributed by atoms with Crippen LogP contribution in [0, 0.1) is 20.8 Å². The summed E-state index contributed by atoms with van der Waals surface area (Å²) in [5.74, 6) is 1.93. The van der Waals surface area contributed by atoms with E-state index in [0.29, 0.717) is 0 Å². The topological polar surface area (TPSA) is 25.2 Å². The van der Waals surface area contributed by atoms with Crippen LogP contribution in [-0.2, 0) is 6.54 Å². The average molecular weight is 278 g/mol. The van der Waals surface area contributed by atoms with Crippen LogP contribution in [0.25, 0.3) is 0 Å². The van der Waals surface area contributed by atoms with Gasteiger partial charge in [-0.05, 0) is 51.0 Å². The molecule has 0 fully saturated rings. The average Bonchev–Trinajstić information content (AvgIpc) is 2.67. The molecule has 1 N–H and O–H groups in total. The van der Waals surface area contributed by atoms with Crippen molar-refractivity contribution in [2.45, 2.75) is 40.3 Å². The molecule has 3 heteroatoms. The summed E-state index contributed by atoms with van der Waals surface area (Å²) in [6.07, 6.45) is 0. The molecular formula is C16H20ClNO. The van der Waals surface area contributed by atoms with Gasteiger partial charge in [0.05, 0.1) is 0 Å². The van der Waals surface area contributed by atoms with Crippen LogP contribution < -0.4 is 5.32 Å². The fraction of sp³-hybridized carbons (Fsp3) is 0.375. The van der Waals surface area contributed by atoms with E-state index in [0.717, 1.165) is 28.7 Å². The number of furan rings is 1. The van der Waals surface area contributed by atoms with Crippen LogP contribution in [-0.4, -0.2) is 0 Å². The minimum atomic E-state index is 0.245. The van der Waals surface area contributed by atoms with Crippen LogP contribution in [0.2, 0.25) is 5.02 Å². The highest BCUT2D eigenvalue weighted by atomic mass is 35.5. The number of aryl methyl sites for hydroxylation is 3. The lowest BCUT2D eigenvalue weighted by atomic mass is 10.1. The molecule has 1 unspecified atom stereocenters. The summed E-state index contributed by atoms with van der Waals surface area (Å²) in [7, 11) is 0. The van der Waals surface area contributed by atoms with Crippen molar-refractivity contribution in [1.29, 1.82) is 0 Å². The second-order valence-electron chi connectivity index (χ2n) is 5.07. The molecular weight excluding hydrogens is 258 g/mol. The second kappa shape index (κ2) is 5.81. The molecule has 0 bridgehead atoms. The Labute approximate surface area is 119 Å². The fourth-order valence-electron chi connectivity index (χ4n) is 2.25. The summed E-state index contributed by atoms with van der Waals surface area (Å²) in [5.41, 5.74) is 3.51. The van der Waals surface area contributed by atoms with Gasteiger partial charge in [0.15, 0.2) is 0 Å². The molecule has 2 aromatic rings. The predicted octanol–water partition coefficient (Wildman–Crippen LogP) is 4.71. The van der Waals surface area contributed by atoms with Gasteiger partial charge in [-0.25, -0.2) is 0 Å². The van der Waals surface area contributed by atoms with Gasteiger partial charge in [0.1, 0.15) is 11.5 Å². The number of nitrogens with one attached hydrogen (secondary N) is 1. The number of benzene rings is 1. The van der Waals surface area contributed by atoms with E-state index in [-0.39, 0.29) is 6.04 Å². The van der Waals surface area contributed by atoms with E-state index in [1.807, 2.05) is 26.8 Å². The number of hydrogen-bond acceptors (Lipinski definition) is 2. The van der Waals surface area contributed by atoms with Gasteiger partial charge in [0.25, 0.3) is 0 Å². The molecule has 2 rings (SSSR count). The maximum absolute atomic E-state index is 6.24. The highest BCUT2D eigenvalue weighted by molar-refractivity contribution is 6.31. The largest absolute Gasteiger partial charge is 0.466 e. The summed E-state index contributed by atoms with van der Waals surface area (Å²) in [6, 6.07) is 8.49. The molecule has 2 nitrogen and oxygen atoms in total. The Balaban J connectivity index is 2.04. The Hall–Kier alpha value is -1.25. The standard InChI is InChI=1S/C16H20ClNO/c1-10-5-6-14(16(17)7-10)9-18-12(3)15-8-11(2)19-13(15)4/h5-8,12,18H,9H2,1-4H3. The maximum atomic E-state index is 6.24. The van der Waals surface area contributed by atoms with Crippen molar-refractivity contribution >= 4 is 11.6 Å². The molecule has 19 heavy (non-hydrogen) atoms. The SMILES string of the molecule is Cc1ccc(CNC(C)c2cc(C)oc2C)c(Cl)c1. The third-order valence-corrected chi connectivity index (χ3v) is 3.70. The normalized spacial score (nSPS) is 12.7. The molecule has 0 aliphatic rings. The van der Waals surface area contributed by atoms with E-state index in [1.165, 1.54) is 11.1 Å². The second-order valence-corrected chi connectivity index (χ2v) is 5.47. The van der Waals surface area contributed by atoms with Crippen molar-refractivity contribution in [3.63, 3.8) is 0 Å². The highest BCUT2D eigenvalue weighted by Crippen LogP contribution is 2.23. The Morgan fingerprint density at radius 1 is 1.21 bits per heavy atom. The van der Waals surface area contributed by atoms with Gasteiger partial charge >= 0.3 is 0 Å². The van der Waals surface area contributed by atoms with Crippen molar-refractivity contribution < 1.29 is 4.42 Å². The molecule has 1 aromatic heterocycles. The zero-order valence-electron chi connectivity index (χ0n) is 11.9.